The number of hydrogen-bond donors (Lipinski definition) is 0. The summed E-state index contributed by atoms with van der Waals surface area (Å²) in [7, 11) is 3.02. The number of anilines is 1. The molecule has 0 saturated heterocycles. The zero-order valence-electron chi connectivity index (χ0n) is 12.8. The van der Waals surface area contributed by atoms with Gasteiger partial charge in [-0.15, -0.1) is 10.2 Å². The monoisotopic (exact) mass is 289 g/mol. The molecular weight excluding hydrogens is 270 g/mol. The van der Waals surface area contributed by atoms with Crippen molar-refractivity contribution < 1.29 is 0 Å². The number of hydrogen-bond acceptors (Lipinski definition) is 5. The molecule has 0 N–H and O–H groups in total. The van der Waals surface area contributed by atoms with E-state index in [1.165, 1.54) is 11.6 Å². The minimum Gasteiger partial charge on any atom is -0.330 e. The number of rotatable bonds is 4. The Balaban J connectivity index is 2.75. The maximum atomic E-state index is 12.2. The Morgan fingerprint density at radius 1 is 1.29 bits per heavy atom. The van der Waals surface area contributed by atoms with E-state index in [2.05, 4.69) is 16.8 Å². The molecule has 0 aliphatic rings. The van der Waals surface area contributed by atoms with E-state index in [0.29, 0.717) is 11.2 Å². The average Bonchev–Trinajstić information content (AvgIpc) is 2.47. The minimum atomic E-state index is -0.417. The maximum absolute atomic E-state index is 12.2. The van der Waals surface area contributed by atoms with Crippen LogP contribution in [0.3, 0.4) is 0 Å². The Bertz CT molecular complexity index is 818. The number of allylic oxidation sites excluding steroid dienone is 1. The highest BCUT2D eigenvalue weighted by atomic mass is 16.2. The number of nitrogens with zero attached hydrogens (tertiary/aromatic N) is 5. The second-order valence-corrected chi connectivity index (χ2v) is 5.03. The molecule has 2 heterocycles. The van der Waals surface area contributed by atoms with Crippen LogP contribution in [0.5, 0.6) is 0 Å². The van der Waals surface area contributed by atoms with Crippen LogP contribution in [0, 0.1) is 0 Å². The number of aryl methyl sites for hydroxylation is 1. The summed E-state index contributed by atoms with van der Waals surface area (Å²) in [5.41, 5.74) is 0.319. The predicted molar refractivity (Wildman–Crippen MR) is 82.5 cm³/mol. The fourth-order valence-electron chi connectivity index (χ4n) is 2.22. The van der Waals surface area contributed by atoms with Crippen molar-refractivity contribution in [2.24, 2.45) is 14.1 Å². The van der Waals surface area contributed by atoms with Gasteiger partial charge in [-0.05, 0) is 19.4 Å². The Labute approximate surface area is 122 Å². The van der Waals surface area contributed by atoms with Gasteiger partial charge in [-0.25, -0.2) is 4.79 Å². The largest absolute Gasteiger partial charge is 0.332 e. The molecule has 0 aliphatic heterocycles. The predicted octanol–water partition coefficient (Wildman–Crippen LogP) is 0.777. The third-order valence-electron chi connectivity index (χ3n) is 3.37. The molecule has 0 atom stereocenters. The summed E-state index contributed by atoms with van der Waals surface area (Å²) < 4.78 is 2.39. The lowest BCUT2D eigenvalue weighted by molar-refractivity contribution is 0.701. The van der Waals surface area contributed by atoms with E-state index in [-0.39, 0.29) is 11.2 Å². The molecule has 0 unspecified atom stereocenters. The topological polar surface area (TPSA) is 73.0 Å². The van der Waals surface area contributed by atoms with Crippen LogP contribution in [0.2, 0.25) is 0 Å². The van der Waals surface area contributed by atoms with Gasteiger partial charge in [0.15, 0.2) is 11.5 Å². The summed E-state index contributed by atoms with van der Waals surface area (Å²) in [6.45, 7) is 8.58. The molecule has 7 nitrogen and oxygen atoms in total. The van der Waals surface area contributed by atoms with E-state index in [1.807, 2.05) is 18.7 Å². The normalized spacial score (nSPS) is 10.9. The molecule has 0 bridgehead atoms. The van der Waals surface area contributed by atoms with Crippen LogP contribution in [0.4, 0.5) is 5.82 Å². The SMILES string of the molecule is C=C(C)N(CCC)c1cc2c(=O)n(C)c(=O)n(C)c2nn1. The van der Waals surface area contributed by atoms with E-state index >= 15 is 0 Å². The number of fused-ring (bicyclic) bond motifs is 1. The van der Waals surface area contributed by atoms with Crippen LogP contribution in [0.15, 0.2) is 27.9 Å². The standard InChI is InChI=1S/C14H19N5O2/c1-6-7-19(9(2)3)11-8-10-12(16-15-11)17(4)14(21)18(5)13(10)20/h8H,2,6-7H2,1,3-5H3. The van der Waals surface area contributed by atoms with Gasteiger partial charge in [0.2, 0.25) is 0 Å². The van der Waals surface area contributed by atoms with Gasteiger partial charge in [-0.3, -0.25) is 13.9 Å². The van der Waals surface area contributed by atoms with Gasteiger partial charge >= 0.3 is 5.69 Å². The third kappa shape index (κ3) is 2.46. The van der Waals surface area contributed by atoms with Crippen molar-refractivity contribution >= 4 is 16.9 Å². The molecule has 2 aromatic rings. The lowest BCUT2D eigenvalue weighted by Gasteiger charge is -2.22. The Morgan fingerprint density at radius 3 is 2.52 bits per heavy atom. The Morgan fingerprint density at radius 2 is 1.95 bits per heavy atom. The molecule has 21 heavy (non-hydrogen) atoms. The summed E-state index contributed by atoms with van der Waals surface area (Å²) in [6, 6.07) is 1.66. The first kappa shape index (κ1) is 15.0. The van der Waals surface area contributed by atoms with Crippen LogP contribution in [0.25, 0.3) is 11.0 Å². The highest BCUT2D eigenvalue weighted by Gasteiger charge is 2.14. The minimum absolute atomic E-state index is 0.282. The van der Waals surface area contributed by atoms with Crippen LogP contribution in [0.1, 0.15) is 20.3 Å². The van der Waals surface area contributed by atoms with Crippen molar-refractivity contribution in [3.8, 4) is 0 Å². The first-order valence-corrected chi connectivity index (χ1v) is 6.75. The van der Waals surface area contributed by atoms with Crippen molar-refractivity contribution in [2.45, 2.75) is 20.3 Å². The van der Waals surface area contributed by atoms with Crippen molar-refractivity contribution in [3.05, 3.63) is 39.2 Å². The summed E-state index contributed by atoms with van der Waals surface area (Å²) in [5.74, 6) is 0.563. The highest BCUT2D eigenvalue weighted by Crippen LogP contribution is 2.17. The molecule has 7 heteroatoms. The quantitative estimate of drug-likeness (QED) is 0.831. The third-order valence-corrected chi connectivity index (χ3v) is 3.37. The van der Waals surface area contributed by atoms with Crippen molar-refractivity contribution in [1.29, 1.82) is 0 Å². The van der Waals surface area contributed by atoms with Gasteiger partial charge in [-0.1, -0.05) is 13.5 Å². The van der Waals surface area contributed by atoms with E-state index in [1.54, 1.807) is 13.1 Å². The average molecular weight is 289 g/mol. The first-order valence-electron chi connectivity index (χ1n) is 6.75. The summed E-state index contributed by atoms with van der Waals surface area (Å²) in [4.78, 5) is 26.0. The summed E-state index contributed by atoms with van der Waals surface area (Å²) in [5, 5.41) is 8.54. The molecular formula is C14H19N5O2. The second-order valence-electron chi connectivity index (χ2n) is 5.03. The van der Waals surface area contributed by atoms with Gasteiger partial charge in [0.1, 0.15) is 0 Å². The van der Waals surface area contributed by atoms with Gasteiger partial charge in [0, 0.05) is 26.3 Å². The zero-order chi connectivity index (χ0) is 15.7. The van der Waals surface area contributed by atoms with E-state index in [4.69, 9.17) is 0 Å². The smallest absolute Gasteiger partial charge is 0.330 e. The highest BCUT2D eigenvalue weighted by molar-refractivity contribution is 5.76. The molecule has 0 aliphatic carbocycles. The lowest BCUT2D eigenvalue weighted by atomic mass is 10.3. The van der Waals surface area contributed by atoms with Gasteiger partial charge in [-0.2, -0.15) is 0 Å². The molecule has 0 aromatic carbocycles. The van der Waals surface area contributed by atoms with Gasteiger partial charge in [0.25, 0.3) is 5.56 Å². The molecule has 0 fully saturated rings. The Hall–Kier alpha value is -2.44. The molecule has 0 radical (unpaired) electrons. The Kier molecular flexibility index (Phi) is 3.93. The van der Waals surface area contributed by atoms with E-state index < -0.39 is 5.69 Å². The molecule has 0 saturated carbocycles. The van der Waals surface area contributed by atoms with Crippen molar-refractivity contribution in [1.82, 2.24) is 19.3 Å². The van der Waals surface area contributed by atoms with Crippen molar-refractivity contribution in [3.63, 3.8) is 0 Å². The molecule has 112 valence electrons. The van der Waals surface area contributed by atoms with Crippen molar-refractivity contribution in [2.75, 3.05) is 11.4 Å². The first-order chi connectivity index (χ1) is 9.88. The van der Waals surface area contributed by atoms with Gasteiger partial charge in [0.05, 0.1) is 5.39 Å². The van der Waals surface area contributed by atoms with Crippen LogP contribution >= 0.6 is 0 Å². The summed E-state index contributed by atoms with van der Waals surface area (Å²) >= 11 is 0. The van der Waals surface area contributed by atoms with Crippen LogP contribution < -0.4 is 16.1 Å². The summed E-state index contributed by atoms with van der Waals surface area (Å²) in [6.07, 6.45) is 0.915. The zero-order valence-corrected chi connectivity index (χ0v) is 12.8. The fourth-order valence-corrected chi connectivity index (χ4v) is 2.22. The maximum Gasteiger partial charge on any atom is 0.332 e. The van der Waals surface area contributed by atoms with Crippen LogP contribution in [-0.2, 0) is 14.1 Å². The molecule has 2 rings (SSSR count). The molecule has 0 amide bonds. The van der Waals surface area contributed by atoms with E-state index in [9.17, 15) is 9.59 Å². The molecule has 0 spiro atoms. The van der Waals surface area contributed by atoms with Crippen LogP contribution in [-0.4, -0.2) is 25.9 Å². The molecule has 2 aromatic heterocycles. The second kappa shape index (κ2) is 5.51. The van der Waals surface area contributed by atoms with Gasteiger partial charge < -0.3 is 4.90 Å². The van der Waals surface area contributed by atoms with E-state index in [0.717, 1.165) is 23.2 Å². The fraction of sp³-hybridized carbons (Fsp3) is 0.429. The lowest BCUT2D eigenvalue weighted by Crippen LogP contribution is -2.37. The number of aromatic nitrogens is 4.